The largest absolute Gasteiger partial charge is 0.440 e. The minimum atomic E-state index is -3.30. The Labute approximate surface area is 163 Å². The van der Waals surface area contributed by atoms with E-state index in [2.05, 4.69) is 15.6 Å². The van der Waals surface area contributed by atoms with E-state index in [-0.39, 0.29) is 18.1 Å². The predicted octanol–water partition coefficient (Wildman–Crippen LogP) is 3.44. The lowest BCUT2D eigenvalue weighted by molar-refractivity contribution is 0.252. The zero-order chi connectivity index (χ0) is 19.6. The summed E-state index contributed by atoms with van der Waals surface area (Å²) in [4.78, 5) is 16.5. The lowest BCUT2D eigenvalue weighted by Crippen LogP contribution is -2.33. The lowest BCUT2D eigenvalue weighted by atomic mass is 10.2. The summed E-state index contributed by atoms with van der Waals surface area (Å²) in [5.74, 6) is 1.01. The molecular weight excluding hydrogens is 378 g/mol. The highest BCUT2D eigenvalue weighted by molar-refractivity contribution is 7.90. The fraction of sp³-hybridized carbons (Fsp3) is 0.300. The number of benzene rings is 2. The smallest absolute Gasteiger partial charge is 0.319 e. The van der Waals surface area contributed by atoms with Crippen LogP contribution in [0.2, 0.25) is 0 Å². The monoisotopic (exact) mass is 399 g/mol. The van der Waals surface area contributed by atoms with E-state index in [4.69, 9.17) is 4.42 Å². The molecule has 146 valence electrons. The Balaban J connectivity index is 1.29. The number of fused-ring (bicyclic) bond motifs is 1. The lowest BCUT2D eigenvalue weighted by Gasteiger charge is -2.08. The molecule has 28 heavy (non-hydrogen) atoms. The number of aromatic nitrogens is 1. The van der Waals surface area contributed by atoms with Gasteiger partial charge in [-0.1, -0.05) is 30.3 Å². The second-order valence-electron chi connectivity index (χ2n) is 6.97. The number of carbonyl (C=O) groups is 1. The first-order valence-electron chi connectivity index (χ1n) is 9.18. The number of urea groups is 1. The van der Waals surface area contributed by atoms with Gasteiger partial charge < -0.3 is 15.1 Å². The molecule has 1 saturated carbocycles. The number of amides is 2. The summed E-state index contributed by atoms with van der Waals surface area (Å²) in [6.45, 7) is 0.0407. The Kier molecular flexibility index (Phi) is 5.04. The van der Waals surface area contributed by atoms with Crippen LogP contribution in [0.5, 0.6) is 0 Å². The fourth-order valence-electron chi connectivity index (χ4n) is 2.92. The number of nitrogens with zero attached hydrogens (tertiary/aromatic N) is 1. The molecule has 0 spiro atoms. The van der Waals surface area contributed by atoms with Crippen molar-refractivity contribution in [1.29, 1.82) is 0 Å². The zero-order valence-corrected chi connectivity index (χ0v) is 16.0. The Bertz CT molecular complexity index is 1090. The molecule has 0 atom stereocenters. The predicted molar refractivity (Wildman–Crippen MR) is 107 cm³/mol. The van der Waals surface area contributed by atoms with E-state index in [1.165, 1.54) is 0 Å². The second-order valence-corrected chi connectivity index (χ2v) is 9.15. The number of carbonyl (C=O) groups excluding carboxylic acids is 1. The van der Waals surface area contributed by atoms with E-state index in [1.807, 2.05) is 6.07 Å². The molecule has 3 aromatic rings. The molecule has 8 heteroatoms. The van der Waals surface area contributed by atoms with Crippen LogP contribution in [0.4, 0.5) is 10.5 Å². The topological polar surface area (TPSA) is 101 Å². The summed E-state index contributed by atoms with van der Waals surface area (Å²) >= 11 is 0. The minimum absolute atomic E-state index is 0.0384. The van der Waals surface area contributed by atoms with Gasteiger partial charge in [0.1, 0.15) is 5.52 Å². The van der Waals surface area contributed by atoms with E-state index in [0.717, 1.165) is 24.3 Å². The van der Waals surface area contributed by atoms with Crippen molar-refractivity contribution in [2.45, 2.75) is 24.5 Å². The number of oxazole rings is 1. The van der Waals surface area contributed by atoms with Gasteiger partial charge in [-0.05, 0) is 36.6 Å². The van der Waals surface area contributed by atoms with Crippen LogP contribution in [0.3, 0.4) is 0 Å². The maximum atomic E-state index is 12.2. The molecule has 1 aliphatic rings. The van der Waals surface area contributed by atoms with Gasteiger partial charge in [-0.2, -0.15) is 0 Å². The standard InChI is InChI=1S/C20H21N3O4S/c24-20(21-10-11-28(25,26)13-14-4-2-1-3-5-14)22-16-8-9-18-17(12-16)23-19(27-18)15-6-7-15/h1-5,8-9,12,15H,6-7,10-11,13H2,(H2,21,22,24). The third-order valence-corrected chi connectivity index (χ3v) is 6.12. The Hall–Kier alpha value is -2.87. The Morgan fingerprint density at radius 2 is 1.93 bits per heavy atom. The van der Waals surface area contributed by atoms with Crippen molar-refractivity contribution < 1.29 is 17.6 Å². The fourth-order valence-corrected chi connectivity index (χ4v) is 4.18. The maximum absolute atomic E-state index is 12.2. The van der Waals surface area contributed by atoms with Gasteiger partial charge in [-0.15, -0.1) is 0 Å². The van der Waals surface area contributed by atoms with Gasteiger partial charge in [0.2, 0.25) is 0 Å². The average molecular weight is 399 g/mol. The number of anilines is 1. The van der Waals surface area contributed by atoms with E-state index in [0.29, 0.717) is 22.7 Å². The van der Waals surface area contributed by atoms with Crippen LogP contribution in [0, 0.1) is 0 Å². The average Bonchev–Trinajstić information content (AvgIpc) is 3.41. The molecule has 0 radical (unpaired) electrons. The molecule has 1 aliphatic carbocycles. The van der Waals surface area contributed by atoms with E-state index >= 15 is 0 Å². The molecule has 2 amide bonds. The highest BCUT2D eigenvalue weighted by Gasteiger charge is 2.28. The van der Waals surface area contributed by atoms with Crippen molar-refractivity contribution in [2.24, 2.45) is 0 Å². The summed E-state index contributed by atoms with van der Waals surface area (Å²) in [5.41, 5.74) is 2.70. The van der Waals surface area contributed by atoms with Crippen LogP contribution in [0.25, 0.3) is 11.1 Å². The number of sulfone groups is 1. The molecule has 7 nitrogen and oxygen atoms in total. The highest BCUT2D eigenvalue weighted by atomic mass is 32.2. The van der Waals surface area contributed by atoms with Crippen LogP contribution in [-0.4, -0.2) is 31.7 Å². The van der Waals surface area contributed by atoms with E-state index in [9.17, 15) is 13.2 Å². The summed E-state index contributed by atoms with van der Waals surface area (Å²) in [7, 11) is -3.30. The number of hydrogen-bond donors (Lipinski definition) is 2. The van der Waals surface area contributed by atoms with Gasteiger partial charge in [0.05, 0.1) is 11.5 Å². The third-order valence-electron chi connectivity index (χ3n) is 4.52. The quantitative estimate of drug-likeness (QED) is 0.634. The van der Waals surface area contributed by atoms with Crippen molar-refractivity contribution in [3.63, 3.8) is 0 Å². The van der Waals surface area contributed by atoms with Crippen molar-refractivity contribution >= 4 is 32.7 Å². The summed E-state index contributed by atoms with van der Waals surface area (Å²) < 4.78 is 30.0. The molecule has 0 aliphatic heterocycles. The minimum Gasteiger partial charge on any atom is -0.440 e. The highest BCUT2D eigenvalue weighted by Crippen LogP contribution is 2.40. The molecule has 1 heterocycles. The van der Waals surface area contributed by atoms with Crippen molar-refractivity contribution in [1.82, 2.24) is 10.3 Å². The summed E-state index contributed by atoms with van der Waals surface area (Å²) in [5, 5.41) is 5.28. The molecule has 0 unspecified atom stereocenters. The van der Waals surface area contributed by atoms with Gasteiger partial charge in [0, 0.05) is 18.2 Å². The van der Waals surface area contributed by atoms with Crippen molar-refractivity contribution in [2.75, 3.05) is 17.6 Å². The maximum Gasteiger partial charge on any atom is 0.319 e. The summed E-state index contributed by atoms with van der Waals surface area (Å²) in [6, 6.07) is 13.8. The van der Waals surface area contributed by atoms with Crippen LogP contribution < -0.4 is 10.6 Å². The van der Waals surface area contributed by atoms with Crippen LogP contribution in [0.15, 0.2) is 52.9 Å². The molecule has 4 rings (SSSR count). The Morgan fingerprint density at radius 1 is 1.14 bits per heavy atom. The van der Waals surface area contributed by atoms with Gasteiger partial charge in [0.25, 0.3) is 0 Å². The molecule has 0 saturated heterocycles. The van der Waals surface area contributed by atoms with E-state index in [1.54, 1.807) is 42.5 Å². The number of rotatable bonds is 7. The Morgan fingerprint density at radius 3 is 2.68 bits per heavy atom. The zero-order valence-electron chi connectivity index (χ0n) is 15.2. The molecular formula is C20H21N3O4S. The third kappa shape index (κ3) is 4.69. The first-order chi connectivity index (χ1) is 13.5. The van der Waals surface area contributed by atoms with E-state index < -0.39 is 15.9 Å². The first kappa shape index (κ1) is 18.5. The molecule has 0 bridgehead atoms. The normalized spacial score (nSPS) is 14.1. The van der Waals surface area contributed by atoms with Crippen LogP contribution >= 0.6 is 0 Å². The van der Waals surface area contributed by atoms with Gasteiger partial charge in [-0.3, -0.25) is 0 Å². The van der Waals surface area contributed by atoms with Crippen LogP contribution in [-0.2, 0) is 15.6 Å². The van der Waals surface area contributed by atoms with Gasteiger partial charge >= 0.3 is 6.03 Å². The van der Waals surface area contributed by atoms with Crippen molar-refractivity contribution in [3.8, 4) is 0 Å². The van der Waals surface area contributed by atoms with Gasteiger partial charge in [0.15, 0.2) is 21.3 Å². The molecule has 1 aromatic heterocycles. The van der Waals surface area contributed by atoms with Gasteiger partial charge in [-0.25, -0.2) is 18.2 Å². The van der Waals surface area contributed by atoms with Crippen LogP contribution in [0.1, 0.15) is 30.2 Å². The number of nitrogens with one attached hydrogen (secondary N) is 2. The number of hydrogen-bond acceptors (Lipinski definition) is 5. The molecule has 1 fully saturated rings. The molecule has 2 aromatic carbocycles. The molecule has 2 N–H and O–H groups in total. The summed E-state index contributed by atoms with van der Waals surface area (Å²) in [6.07, 6.45) is 2.21. The SMILES string of the molecule is O=C(NCCS(=O)(=O)Cc1ccccc1)Nc1ccc2oc(C3CC3)nc2c1. The second kappa shape index (κ2) is 7.63. The van der Waals surface area contributed by atoms with Crippen molar-refractivity contribution in [3.05, 3.63) is 60.0 Å². The first-order valence-corrected chi connectivity index (χ1v) is 11.0.